The van der Waals surface area contributed by atoms with Crippen LogP contribution in [0.15, 0.2) is 41.4 Å². The number of hydrogen-bond acceptors (Lipinski definition) is 3. The molecule has 1 amide bonds. The summed E-state index contributed by atoms with van der Waals surface area (Å²) in [5.74, 6) is -2.55. The van der Waals surface area contributed by atoms with Gasteiger partial charge in [0.25, 0.3) is 5.91 Å². The molecule has 2 aromatic rings. The first-order valence-electron chi connectivity index (χ1n) is 8.88. The van der Waals surface area contributed by atoms with Crippen LogP contribution < -0.4 is 10.6 Å². The van der Waals surface area contributed by atoms with Crippen LogP contribution in [0.25, 0.3) is 0 Å². The molecule has 0 saturated carbocycles. The van der Waals surface area contributed by atoms with Crippen LogP contribution in [-0.4, -0.2) is 31.1 Å². The molecule has 5 nitrogen and oxygen atoms in total. The number of hydrogen-bond donors (Lipinski definition) is 2. The summed E-state index contributed by atoms with van der Waals surface area (Å²) in [6.45, 7) is 2.94. The molecule has 0 aliphatic carbocycles. The normalized spacial score (nSPS) is 16.9. The maximum Gasteiger partial charge on any atom is 0.258 e. The highest BCUT2D eigenvalue weighted by molar-refractivity contribution is 6.31. The van der Waals surface area contributed by atoms with E-state index in [0.717, 1.165) is 30.5 Å². The summed E-state index contributed by atoms with van der Waals surface area (Å²) in [4.78, 5) is 16.9. The number of benzene rings is 2. The van der Waals surface area contributed by atoms with Gasteiger partial charge in [-0.15, -0.1) is 0 Å². The van der Waals surface area contributed by atoms with Gasteiger partial charge in [-0.3, -0.25) is 10.1 Å². The third-order valence-electron chi connectivity index (χ3n) is 4.34. The summed E-state index contributed by atoms with van der Waals surface area (Å²) < 4.78 is 32.1. The Morgan fingerprint density at radius 2 is 2.07 bits per heavy atom. The Hall–Kier alpha value is -2.51. The van der Waals surface area contributed by atoms with Crippen molar-refractivity contribution in [2.75, 3.05) is 18.5 Å². The fourth-order valence-electron chi connectivity index (χ4n) is 2.77. The molecule has 8 heteroatoms. The third kappa shape index (κ3) is 5.27. The van der Waals surface area contributed by atoms with E-state index in [0.29, 0.717) is 23.9 Å². The molecule has 2 N–H and O–H groups in total. The summed E-state index contributed by atoms with van der Waals surface area (Å²) in [5.41, 5.74) is 1.55. The number of nitrogens with zero attached hydrogens (tertiary/aromatic N) is 1. The highest BCUT2D eigenvalue weighted by Gasteiger charge is 2.17. The Morgan fingerprint density at radius 1 is 1.25 bits per heavy atom. The standard InChI is InChI=1S/C20H20ClF2N3O2/c1-12-4-6-14(21)10-18(12)25-20(24-11-15-3-2-8-28-15)26-19(27)13-5-7-16(22)17(23)9-13/h4-7,9-10,15H,2-3,8,11H2,1H3,(H2,24,25,26,27). The van der Waals surface area contributed by atoms with E-state index in [4.69, 9.17) is 16.3 Å². The minimum Gasteiger partial charge on any atom is -0.376 e. The quantitative estimate of drug-likeness (QED) is 0.586. The topological polar surface area (TPSA) is 62.7 Å². The number of rotatable bonds is 4. The van der Waals surface area contributed by atoms with Crippen molar-refractivity contribution < 1.29 is 18.3 Å². The van der Waals surface area contributed by atoms with E-state index in [1.54, 1.807) is 12.1 Å². The van der Waals surface area contributed by atoms with Crippen LogP contribution in [0.5, 0.6) is 0 Å². The first-order chi connectivity index (χ1) is 13.4. The molecule has 1 heterocycles. The highest BCUT2D eigenvalue weighted by Crippen LogP contribution is 2.20. The number of nitrogens with one attached hydrogen (secondary N) is 2. The summed E-state index contributed by atoms with van der Waals surface area (Å²) in [6, 6.07) is 8.25. The lowest BCUT2D eigenvalue weighted by molar-refractivity contribution is 0.0975. The third-order valence-corrected chi connectivity index (χ3v) is 4.58. The second-order valence-corrected chi connectivity index (χ2v) is 6.93. The highest BCUT2D eigenvalue weighted by atomic mass is 35.5. The maximum absolute atomic E-state index is 13.4. The molecule has 28 heavy (non-hydrogen) atoms. The Morgan fingerprint density at radius 3 is 2.79 bits per heavy atom. The number of aliphatic imine (C=N–C) groups is 1. The molecule has 0 bridgehead atoms. The molecule has 0 radical (unpaired) electrons. The smallest absolute Gasteiger partial charge is 0.258 e. The number of aryl methyl sites for hydroxylation is 1. The molecular formula is C20H20ClF2N3O2. The lowest BCUT2D eigenvalue weighted by Gasteiger charge is -2.15. The van der Waals surface area contributed by atoms with E-state index in [-0.39, 0.29) is 17.6 Å². The van der Waals surface area contributed by atoms with Crippen molar-refractivity contribution >= 4 is 29.2 Å². The van der Waals surface area contributed by atoms with E-state index in [2.05, 4.69) is 15.6 Å². The van der Waals surface area contributed by atoms with E-state index in [9.17, 15) is 13.6 Å². The molecule has 1 aliphatic rings. The van der Waals surface area contributed by atoms with Gasteiger partial charge in [0.1, 0.15) is 0 Å². The van der Waals surface area contributed by atoms with E-state index in [1.165, 1.54) is 6.07 Å². The summed E-state index contributed by atoms with van der Waals surface area (Å²) in [6.07, 6.45) is 1.85. The van der Waals surface area contributed by atoms with Gasteiger partial charge in [0.2, 0.25) is 5.96 Å². The number of guanidine groups is 1. The molecule has 1 unspecified atom stereocenters. The first-order valence-corrected chi connectivity index (χ1v) is 9.26. The Balaban J connectivity index is 1.80. The molecular weight excluding hydrogens is 388 g/mol. The monoisotopic (exact) mass is 407 g/mol. The van der Waals surface area contributed by atoms with Crippen LogP contribution in [0.2, 0.25) is 5.02 Å². The maximum atomic E-state index is 13.4. The van der Waals surface area contributed by atoms with E-state index < -0.39 is 17.5 Å². The average molecular weight is 408 g/mol. The lowest BCUT2D eigenvalue weighted by Crippen LogP contribution is -2.37. The fourth-order valence-corrected chi connectivity index (χ4v) is 2.94. The van der Waals surface area contributed by atoms with Crippen molar-refractivity contribution in [3.8, 4) is 0 Å². The molecule has 1 fully saturated rings. The van der Waals surface area contributed by atoms with Gasteiger partial charge >= 0.3 is 0 Å². The Bertz CT molecular complexity index is 899. The zero-order valence-electron chi connectivity index (χ0n) is 15.3. The molecule has 1 aliphatic heterocycles. The predicted molar refractivity (Wildman–Crippen MR) is 105 cm³/mol. The van der Waals surface area contributed by atoms with Gasteiger partial charge in [0.05, 0.1) is 12.6 Å². The van der Waals surface area contributed by atoms with Gasteiger partial charge in [-0.2, -0.15) is 0 Å². The number of halogens is 3. The van der Waals surface area contributed by atoms with E-state index >= 15 is 0 Å². The zero-order valence-corrected chi connectivity index (χ0v) is 16.0. The van der Waals surface area contributed by atoms with Gasteiger partial charge in [-0.1, -0.05) is 17.7 Å². The molecule has 0 spiro atoms. The van der Waals surface area contributed by atoms with Crippen LogP contribution in [-0.2, 0) is 4.74 Å². The molecule has 1 saturated heterocycles. The second kappa shape index (κ2) is 9.12. The fraction of sp³-hybridized carbons (Fsp3) is 0.300. The molecule has 3 rings (SSSR count). The van der Waals surface area contributed by atoms with Gasteiger partial charge < -0.3 is 10.1 Å². The molecule has 2 aromatic carbocycles. The minimum atomic E-state index is -1.09. The van der Waals surface area contributed by atoms with Gasteiger partial charge in [-0.05, 0) is 55.7 Å². The number of ether oxygens (including phenoxy) is 1. The van der Waals surface area contributed by atoms with Crippen LogP contribution >= 0.6 is 11.6 Å². The summed E-state index contributed by atoms with van der Waals surface area (Å²) in [7, 11) is 0. The van der Waals surface area contributed by atoms with E-state index in [1.807, 2.05) is 13.0 Å². The molecule has 0 aromatic heterocycles. The largest absolute Gasteiger partial charge is 0.376 e. The van der Waals surface area contributed by atoms with Crippen LogP contribution in [0.1, 0.15) is 28.8 Å². The van der Waals surface area contributed by atoms with Crippen LogP contribution in [0, 0.1) is 18.6 Å². The van der Waals surface area contributed by atoms with Gasteiger partial charge in [0.15, 0.2) is 11.6 Å². The van der Waals surface area contributed by atoms with Gasteiger partial charge in [-0.25, -0.2) is 13.8 Å². The summed E-state index contributed by atoms with van der Waals surface area (Å²) in [5, 5.41) is 6.19. The number of carbonyl (C=O) groups excluding carboxylic acids is 1. The molecule has 1 atom stereocenters. The van der Waals surface area contributed by atoms with Crippen molar-refractivity contribution in [3.63, 3.8) is 0 Å². The van der Waals surface area contributed by atoms with Crippen LogP contribution in [0.4, 0.5) is 14.5 Å². The number of amides is 1. The van der Waals surface area contributed by atoms with Gasteiger partial charge in [0, 0.05) is 22.9 Å². The minimum absolute atomic E-state index is 0.0163. The van der Waals surface area contributed by atoms with Crippen molar-refractivity contribution in [2.24, 2.45) is 4.99 Å². The SMILES string of the molecule is Cc1ccc(Cl)cc1NC(=NCC1CCCO1)NC(=O)c1ccc(F)c(F)c1. The Kier molecular flexibility index (Phi) is 6.59. The van der Waals surface area contributed by atoms with Crippen molar-refractivity contribution in [2.45, 2.75) is 25.9 Å². The predicted octanol–water partition coefficient (Wildman–Crippen LogP) is 4.30. The molecule has 148 valence electrons. The summed E-state index contributed by atoms with van der Waals surface area (Å²) >= 11 is 6.05. The zero-order chi connectivity index (χ0) is 20.1. The van der Waals surface area contributed by atoms with Crippen molar-refractivity contribution in [1.82, 2.24) is 5.32 Å². The van der Waals surface area contributed by atoms with Crippen LogP contribution in [0.3, 0.4) is 0 Å². The Labute approximate surface area is 166 Å². The lowest BCUT2D eigenvalue weighted by atomic mass is 10.2. The van der Waals surface area contributed by atoms with Crippen molar-refractivity contribution in [3.05, 3.63) is 64.2 Å². The van der Waals surface area contributed by atoms with Crippen molar-refractivity contribution in [1.29, 1.82) is 0 Å². The number of carbonyl (C=O) groups is 1. The number of anilines is 1. The average Bonchev–Trinajstić information content (AvgIpc) is 3.18. The second-order valence-electron chi connectivity index (χ2n) is 6.49. The first kappa shape index (κ1) is 20.2.